The van der Waals surface area contributed by atoms with Crippen LogP contribution in [0, 0.1) is 0 Å². The maximum Gasteiger partial charge on any atom is 0.332 e. The predicted molar refractivity (Wildman–Crippen MR) is 111 cm³/mol. The Kier molecular flexibility index (Phi) is 6.66. The van der Waals surface area contributed by atoms with E-state index in [4.69, 9.17) is 5.73 Å². The minimum absolute atomic E-state index is 0.0493. The lowest BCUT2D eigenvalue weighted by Crippen LogP contribution is -2.47. The number of anilines is 1. The molecule has 2 aromatic rings. The molecule has 1 saturated heterocycles. The molecule has 1 aromatic carbocycles. The SMILES string of the molecule is Cn1c(=O)c(C(=O)CN2CCCCC2CCO)c(N)n(Cc2ccccc2)c1=O. The van der Waals surface area contributed by atoms with Crippen molar-refractivity contribution < 1.29 is 9.90 Å². The Morgan fingerprint density at radius 3 is 2.62 bits per heavy atom. The molecule has 8 heteroatoms. The fourth-order valence-corrected chi connectivity index (χ4v) is 3.97. The van der Waals surface area contributed by atoms with Gasteiger partial charge in [-0.05, 0) is 31.4 Å². The highest BCUT2D eigenvalue weighted by Crippen LogP contribution is 2.20. The number of nitrogens with zero attached hydrogens (tertiary/aromatic N) is 3. The number of nitrogen functional groups attached to an aromatic ring is 1. The number of hydrogen-bond donors (Lipinski definition) is 2. The molecule has 0 radical (unpaired) electrons. The molecule has 1 aromatic heterocycles. The Labute approximate surface area is 169 Å². The molecule has 156 valence electrons. The maximum atomic E-state index is 13.1. The van der Waals surface area contributed by atoms with Crippen molar-refractivity contribution in [3.8, 4) is 0 Å². The van der Waals surface area contributed by atoms with E-state index in [1.807, 2.05) is 35.2 Å². The number of aliphatic hydroxyl groups is 1. The first-order valence-electron chi connectivity index (χ1n) is 9.95. The molecule has 29 heavy (non-hydrogen) atoms. The van der Waals surface area contributed by atoms with E-state index in [2.05, 4.69) is 0 Å². The van der Waals surface area contributed by atoms with Gasteiger partial charge in [0.05, 0.1) is 13.1 Å². The third-order valence-corrected chi connectivity index (χ3v) is 5.60. The molecule has 1 fully saturated rings. The van der Waals surface area contributed by atoms with Crippen LogP contribution < -0.4 is 17.0 Å². The van der Waals surface area contributed by atoms with Crippen LogP contribution in [0.2, 0.25) is 0 Å². The molecule has 0 saturated carbocycles. The Morgan fingerprint density at radius 1 is 1.21 bits per heavy atom. The molecule has 3 rings (SSSR count). The van der Waals surface area contributed by atoms with E-state index in [0.29, 0.717) is 6.42 Å². The van der Waals surface area contributed by atoms with E-state index in [9.17, 15) is 19.5 Å². The Hall–Kier alpha value is -2.71. The second kappa shape index (κ2) is 9.19. The van der Waals surface area contributed by atoms with Crippen LogP contribution in [0.3, 0.4) is 0 Å². The van der Waals surface area contributed by atoms with Crippen LogP contribution in [-0.4, -0.2) is 50.7 Å². The molecule has 8 nitrogen and oxygen atoms in total. The van der Waals surface area contributed by atoms with Crippen LogP contribution in [0.5, 0.6) is 0 Å². The lowest BCUT2D eigenvalue weighted by Gasteiger charge is -2.35. The largest absolute Gasteiger partial charge is 0.396 e. The summed E-state index contributed by atoms with van der Waals surface area (Å²) < 4.78 is 2.21. The lowest BCUT2D eigenvalue weighted by molar-refractivity contribution is 0.0797. The van der Waals surface area contributed by atoms with Gasteiger partial charge >= 0.3 is 5.69 Å². The van der Waals surface area contributed by atoms with Gasteiger partial charge in [0, 0.05) is 19.7 Å². The van der Waals surface area contributed by atoms with Crippen LogP contribution in [0.25, 0.3) is 0 Å². The number of piperidine rings is 1. The fourth-order valence-electron chi connectivity index (χ4n) is 3.97. The van der Waals surface area contributed by atoms with E-state index in [1.54, 1.807) is 0 Å². The molecule has 3 N–H and O–H groups in total. The molecule has 1 unspecified atom stereocenters. The van der Waals surface area contributed by atoms with Crippen LogP contribution in [0.4, 0.5) is 5.82 Å². The smallest absolute Gasteiger partial charge is 0.332 e. The quantitative estimate of drug-likeness (QED) is 0.659. The first kappa shape index (κ1) is 21.0. The molecular formula is C21H28N4O4. The number of Topliss-reactive ketones (excluding diaryl/α,β-unsaturated/α-hetero) is 1. The normalized spacial score (nSPS) is 17.4. The van der Waals surface area contributed by atoms with E-state index in [1.165, 1.54) is 11.6 Å². The molecular weight excluding hydrogens is 372 g/mol. The summed E-state index contributed by atoms with van der Waals surface area (Å²) in [6.45, 7) is 1.02. The van der Waals surface area contributed by atoms with E-state index in [-0.39, 0.29) is 37.1 Å². The summed E-state index contributed by atoms with van der Waals surface area (Å²) >= 11 is 0. The zero-order valence-electron chi connectivity index (χ0n) is 16.7. The highest BCUT2D eigenvalue weighted by Gasteiger charge is 2.28. The minimum Gasteiger partial charge on any atom is -0.396 e. The average Bonchev–Trinajstić information content (AvgIpc) is 2.72. The average molecular weight is 400 g/mol. The number of hydrogen-bond acceptors (Lipinski definition) is 6. The second-order valence-electron chi connectivity index (χ2n) is 7.53. The molecule has 0 amide bonds. The maximum absolute atomic E-state index is 13.1. The van der Waals surface area contributed by atoms with Gasteiger partial charge in [-0.3, -0.25) is 23.6 Å². The summed E-state index contributed by atoms with van der Waals surface area (Å²) in [5.41, 5.74) is 5.65. The van der Waals surface area contributed by atoms with Crippen LogP contribution in [-0.2, 0) is 13.6 Å². The van der Waals surface area contributed by atoms with E-state index in [0.717, 1.165) is 35.9 Å². The number of likely N-dealkylation sites (tertiary alicyclic amines) is 1. The van der Waals surface area contributed by atoms with Crippen molar-refractivity contribution in [3.05, 3.63) is 62.3 Å². The number of aliphatic hydroxyl groups excluding tert-OH is 1. The Bertz CT molecular complexity index is 979. The summed E-state index contributed by atoms with van der Waals surface area (Å²) in [7, 11) is 1.36. The summed E-state index contributed by atoms with van der Waals surface area (Å²) in [6, 6.07) is 9.38. The molecule has 1 aliphatic rings. The number of ketones is 1. The summed E-state index contributed by atoms with van der Waals surface area (Å²) in [5, 5.41) is 9.30. The van der Waals surface area contributed by atoms with Crippen LogP contribution in [0.1, 0.15) is 41.6 Å². The molecule has 1 aliphatic heterocycles. The summed E-state index contributed by atoms with van der Waals surface area (Å²) in [5.74, 6) is -0.488. The number of carbonyl (C=O) groups excluding carboxylic acids is 1. The van der Waals surface area contributed by atoms with Gasteiger partial charge in [-0.15, -0.1) is 0 Å². The molecule has 0 bridgehead atoms. The van der Waals surface area contributed by atoms with Crippen molar-refractivity contribution in [1.82, 2.24) is 14.0 Å². The third kappa shape index (κ3) is 4.49. The number of carbonyl (C=O) groups is 1. The number of nitrogens with two attached hydrogens (primary N) is 1. The van der Waals surface area contributed by atoms with Gasteiger partial charge in [-0.2, -0.15) is 0 Å². The Morgan fingerprint density at radius 2 is 1.93 bits per heavy atom. The van der Waals surface area contributed by atoms with Crippen molar-refractivity contribution in [3.63, 3.8) is 0 Å². The first-order chi connectivity index (χ1) is 13.9. The highest BCUT2D eigenvalue weighted by molar-refractivity contribution is 6.01. The molecule has 0 spiro atoms. The lowest BCUT2D eigenvalue weighted by atomic mass is 9.98. The monoisotopic (exact) mass is 400 g/mol. The number of benzene rings is 1. The van der Waals surface area contributed by atoms with Gasteiger partial charge in [-0.1, -0.05) is 36.8 Å². The van der Waals surface area contributed by atoms with Gasteiger partial charge < -0.3 is 10.8 Å². The zero-order valence-corrected chi connectivity index (χ0v) is 16.7. The minimum atomic E-state index is -0.669. The summed E-state index contributed by atoms with van der Waals surface area (Å²) in [4.78, 5) is 40.4. The van der Waals surface area contributed by atoms with Crippen molar-refractivity contribution in [2.45, 2.75) is 38.3 Å². The third-order valence-electron chi connectivity index (χ3n) is 5.60. The predicted octanol–water partition coefficient (Wildman–Crippen LogP) is 0.597. The van der Waals surface area contributed by atoms with Gasteiger partial charge in [-0.25, -0.2) is 4.79 Å². The second-order valence-corrected chi connectivity index (χ2v) is 7.53. The van der Waals surface area contributed by atoms with Crippen molar-refractivity contribution >= 4 is 11.6 Å². The van der Waals surface area contributed by atoms with Gasteiger partial charge in [0.25, 0.3) is 5.56 Å². The van der Waals surface area contributed by atoms with Gasteiger partial charge in [0.2, 0.25) is 0 Å². The first-order valence-corrected chi connectivity index (χ1v) is 9.95. The van der Waals surface area contributed by atoms with E-state index < -0.39 is 17.0 Å². The molecule has 1 atom stereocenters. The standard InChI is InChI=1S/C21H28N4O4/c1-23-20(28)18(17(27)14-24-11-6-5-9-16(24)10-12-26)19(22)25(21(23)29)13-15-7-3-2-4-8-15/h2-4,7-8,16,26H,5-6,9-14,22H2,1H3. The van der Waals surface area contributed by atoms with Crippen molar-refractivity contribution in [1.29, 1.82) is 0 Å². The topological polar surface area (TPSA) is 111 Å². The van der Waals surface area contributed by atoms with Gasteiger partial charge in [0.15, 0.2) is 5.78 Å². The molecule has 0 aliphatic carbocycles. The van der Waals surface area contributed by atoms with E-state index >= 15 is 0 Å². The molecule has 2 heterocycles. The fraction of sp³-hybridized carbons (Fsp3) is 0.476. The van der Waals surface area contributed by atoms with Crippen LogP contribution in [0.15, 0.2) is 39.9 Å². The van der Waals surface area contributed by atoms with Crippen molar-refractivity contribution in [2.75, 3.05) is 25.4 Å². The van der Waals surface area contributed by atoms with Crippen molar-refractivity contribution in [2.24, 2.45) is 7.05 Å². The highest BCUT2D eigenvalue weighted by atomic mass is 16.3. The number of aromatic nitrogens is 2. The zero-order chi connectivity index (χ0) is 21.0. The van der Waals surface area contributed by atoms with Gasteiger partial charge in [0.1, 0.15) is 11.4 Å². The Balaban J connectivity index is 1.95. The number of rotatable bonds is 7. The van der Waals surface area contributed by atoms with Crippen LogP contribution >= 0.6 is 0 Å². The summed E-state index contributed by atoms with van der Waals surface area (Å²) in [6.07, 6.45) is 3.53.